The van der Waals surface area contributed by atoms with Crippen LogP contribution in [0.2, 0.25) is 0 Å². The molecule has 0 amide bonds. The molecule has 0 unspecified atom stereocenters. The Kier molecular flexibility index (Phi) is 5.68. The van der Waals surface area contributed by atoms with Crippen molar-refractivity contribution in [2.24, 2.45) is 0 Å². The summed E-state index contributed by atoms with van der Waals surface area (Å²) in [6, 6.07) is 13.5. The summed E-state index contributed by atoms with van der Waals surface area (Å²) in [5.74, 6) is 0.115. The minimum atomic E-state index is -0.577. The van der Waals surface area contributed by atoms with Crippen LogP contribution in [0.15, 0.2) is 48.5 Å². The average molecular weight is 356 g/mol. The van der Waals surface area contributed by atoms with Gasteiger partial charge in [0.2, 0.25) is 0 Å². The Labute approximate surface area is 151 Å². The predicted molar refractivity (Wildman–Crippen MR) is 96.8 cm³/mol. The molecule has 2 aromatic rings. The smallest absolute Gasteiger partial charge is 0.340 e. The lowest BCUT2D eigenvalue weighted by molar-refractivity contribution is -0.384. The fourth-order valence-electron chi connectivity index (χ4n) is 2.92. The molecular weight excluding hydrogens is 336 g/mol. The van der Waals surface area contributed by atoms with Gasteiger partial charge >= 0.3 is 5.97 Å². The second kappa shape index (κ2) is 8.33. The van der Waals surface area contributed by atoms with E-state index < -0.39 is 10.9 Å². The number of nitro groups is 1. The SMILES string of the molecule is O=C(OCCOc1ccccc1)c1cc([N+](=O)[O-])ccc1N1CCCC1. The number of non-ortho nitro benzene ring substituents is 1. The van der Waals surface area contributed by atoms with Crippen LogP contribution in [-0.4, -0.2) is 37.2 Å². The standard InChI is InChI=1S/C19H20N2O5/c22-19(26-13-12-25-16-6-2-1-3-7-16)17-14-15(21(23)24)8-9-18(17)20-10-4-5-11-20/h1-3,6-9,14H,4-5,10-13H2. The van der Waals surface area contributed by atoms with Crippen molar-refractivity contribution < 1.29 is 19.2 Å². The molecule has 26 heavy (non-hydrogen) atoms. The van der Waals surface area contributed by atoms with Gasteiger partial charge in [-0.3, -0.25) is 10.1 Å². The molecule has 0 saturated carbocycles. The molecule has 0 aliphatic carbocycles. The molecule has 0 N–H and O–H groups in total. The zero-order chi connectivity index (χ0) is 18.4. The summed E-state index contributed by atoms with van der Waals surface area (Å²) in [4.78, 5) is 25.1. The molecular formula is C19H20N2O5. The van der Waals surface area contributed by atoms with Crippen molar-refractivity contribution in [2.75, 3.05) is 31.2 Å². The van der Waals surface area contributed by atoms with Crippen LogP contribution in [0.4, 0.5) is 11.4 Å². The Morgan fingerprint density at radius 1 is 1.08 bits per heavy atom. The first-order chi connectivity index (χ1) is 12.6. The quantitative estimate of drug-likeness (QED) is 0.327. The summed E-state index contributed by atoms with van der Waals surface area (Å²) in [5, 5.41) is 11.0. The van der Waals surface area contributed by atoms with Gasteiger partial charge in [-0.1, -0.05) is 18.2 Å². The Balaban J connectivity index is 1.66. The summed E-state index contributed by atoms with van der Waals surface area (Å²) in [5.41, 5.74) is 0.781. The third-order valence-electron chi connectivity index (χ3n) is 4.19. The molecule has 0 bridgehead atoms. The molecule has 1 aliphatic heterocycles. The van der Waals surface area contributed by atoms with E-state index in [0.29, 0.717) is 11.4 Å². The van der Waals surface area contributed by atoms with Crippen molar-refractivity contribution in [1.82, 2.24) is 0 Å². The lowest BCUT2D eigenvalue weighted by Gasteiger charge is -2.20. The second-order valence-corrected chi connectivity index (χ2v) is 5.95. The highest BCUT2D eigenvalue weighted by Gasteiger charge is 2.23. The molecule has 7 nitrogen and oxygen atoms in total. The number of carbonyl (C=O) groups excluding carboxylic acids is 1. The summed E-state index contributed by atoms with van der Waals surface area (Å²) < 4.78 is 10.8. The van der Waals surface area contributed by atoms with Gasteiger partial charge < -0.3 is 14.4 Å². The Bertz CT molecular complexity index is 773. The molecule has 3 rings (SSSR count). The second-order valence-electron chi connectivity index (χ2n) is 5.95. The predicted octanol–water partition coefficient (Wildman–Crippen LogP) is 3.43. The first-order valence-corrected chi connectivity index (χ1v) is 8.53. The van der Waals surface area contributed by atoms with Gasteiger partial charge in [0.1, 0.15) is 19.0 Å². The average Bonchev–Trinajstić information content (AvgIpc) is 3.20. The highest BCUT2D eigenvalue weighted by Crippen LogP contribution is 2.29. The van der Waals surface area contributed by atoms with Gasteiger partial charge in [0.15, 0.2) is 0 Å². The maximum absolute atomic E-state index is 12.5. The fraction of sp³-hybridized carbons (Fsp3) is 0.316. The van der Waals surface area contributed by atoms with Gasteiger partial charge in [0.05, 0.1) is 16.2 Å². The molecule has 1 fully saturated rings. The lowest BCUT2D eigenvalue weighted by Crippen LogP contribution is -2.22. The maximum Gasteiger partial charge on any atom is 0.340 e. The molecule has 0 spiro atoms. The van der Waals surface area contributed by atoms with Gasteiger partial charge in [0, 0.05) is 25.2 Å². The van der Waals surface area contributed by atoms with Gasteiger partial charge in [-0.15, -0.1) is 0 Å². The first-order valence-electron chi connectivity index (χ1n) is 8.53. The van der Waals surface area contributed by atoms with Crippen molar-refractivity contribution >= 4 is 17.3 Å². The van der Waals surface area contributed by atoms with Crippen LogP contribution >= 0.6 is 0 Å². The molecule has 136 valence electrons. The molecule has 0 radical (unpaired) electrons. The molecule has 7 heteroatoms. The van der Waals surface area contributed by atoms with Gasteiger partial charge in [-0.05, 0) is 31.0 Å². The van der Waals surface area contributed by atoms with Crippen LogP contribution < -0.4 is 9.64 Å². The van der Waals surface area contributed by atoms with E-state index >= 15 is 0 Å². The summed E-state index contributed by atoms with van der Waals surface area (Å²) in [7, 11) is 0. The number of esters is 1. The van der Waals surface area contributed by atoms with E-state index in [1.807, 2.05) is 30.3 Å². The van der Waals surface area contributed by atoms with Crippen molar-refractivity contribution in [3.8, 4) is 5.75 Å². The van der Waals surface area contributed by atoms with Crippen LogP contribution in [0, 0.1) is 10.1 Å². The van der Waals surface area contributed by atoms with E-state index in [9.17, 15) is 14.9 Å². The number of rotatable bonds is 7. The largest absolute Gasteiger partial charge is 0.490 e. The van der Waals surface area contributed by atoms with Crippen molar-refractivity contribution in [2.45, 2.75) is 12.8 Å². The van der Waals surface area contributed by atoms with Crippen LogP contribution in [0.25, 0.3) is 0 Å². The van der Waals surface area contributed by atoms with Gasteiger partial charge in [-0.25, -0.2) is 4.79 Å². The zero-order valence-electron chi connectivity index (χ0n) is 14.3. The van der Waals surface area contributed by atoms with E-state index in [0.717, 1.165) is 25.9 Å². The number of benzene rings is 2. The van der Waals surface area contributed by atoms with Crippen LogP contribution in [-0.2, 0) is 4.74 Å². The first kappa shape index (κ1) is 17.7. The zero-order valence-corrected chi connectivity index (χ0v) is 14.3. The Morgan fingerprint density at radius 3 is 2.50 bits per heavy atom. The van der Waals surface area contributed by atoms with Crippen molar-refractivity contribution in [3.63, 3.8) is 0 Å². The molecule has 1 heterocycles. The number of nitro benzene ring substituents is 1. The number of ether oxygens (including phenoxy) is 2. The monoisotopic (exact) mass is 356 g/mol. The van der Waals surface area contributed by atoms with Crippen LogP contribution in [0.3, 0.4) is 0 Å². The van der Waals surface area contributed by atoms with Crippen LogP contribution in [0.1, 0.15) is 23.2 Å². The summed E-state index contributed by atoms with van der Waals surface area (Å²) >= 11 is 0. The number of para-hydroxylation sites is 1. The molecule has 1 saturated heterocycles. The number of hydrogen-bond donors (Lipinski definition) is 0. The third-order valence-corrected chi connectivity index (χ3v) is 4.19. The molecule has 0 aromatic heterocycles. The molecule has 1 aliphatic rings. The third kappa shape index (κ3) is 4.30. The normalized spacial score (nSPS) is 13.5. The number of hydrogen-bond acceptors (Lipinski definition) is 6. The Morgan fingerprint density at radius 2 is 1.81 bits per heavy atom. The van der Waals surface area contributed by atoms with Crippen LogP contribution in [0.5, 0.6) is 5.75 Å². The highest BCUT2D eigenvalue weighted by molar-refractivity contribution is 5.96. The topological polar surface area (TPSA) is 81.9 Å². The minimum Gasteiger partial charge on any atom is -0.490 e. The summed E-state index contributed by atoms with van der Waals surface area (Å²) in [6.45, 7) is 1.93. The minimum absolute atomic E-state index is 0.0653. The number of anilines is 1. The van der Waals surface area contributed by atoms with E-state index in [-0.39, 0.29) is 24.5 Å². The fourth-order valence-corrected chi connectivity index (χ4v) is 2.92. The van der Waals surface area contributed by atoms with Gasteiger partial charge in [0.25, 0.3) is 5.69 Å². The van der Waals surface area contributed by atoms with Crippen molar-refractivity contribution in [3.05, 3.63) is 64.2 Å². The lowest BCUT2D eigenvalue weighted by atomic mass is 10.1. The van der Waals surface area contributed by atoms with E-state index in [2.05, 4.69) is 4.90 Å². The summed E-state index contributed by atoms with van der Waals surface area (Å²) in [6.07, 6.45) is 2.08. The van der Waals surface area contributed by atoms with E-state index in [1.54, 1.807) is 6.07 Å². The van der Waals surface area contributed by atoms with E-state index in [4.69, 9.17) is 9.47 Å². The van der Waals surface area contributed by atoms with Crippen molar-refractivity contribution in [1.29, 1.82) is 0 Å². The molecule has 0 atom stereocenters. The number of nitrogens with zero attached hydrogens (tertiary/aromatic N) is 2. The van der Waals surface area contributed by atoms with Gasteiger partial charge in [-0.2, -0.15) is 0 Å². The maximum atomic E-state index is 12.5. The number of carbonyl (C=O) groups is 1. The molecule has 2 aromatic carbocycles. The highest BCUT2D eigenvalue weighted by atomic mass is 16.6. The Hall–Kier alpha value is -3.09. The van der Waals surface area contributed by atoms with E-state index in [1.165, 1.54) is 12.1 Å².